The number of rotatable bonds is 13. The molecular formula is C53H65N9O7. The molecule has 16 heteroatoms. The highest BCUT2D eigenvalue weighted by Crippen LogP contribution is 2.36. The van der Waals surface area contributed by atoms with Gasteiger partial charge in [0.25, 0.3) is 23.3 Å². The molecule has 0 spiro atoms. The van der Waals surface area contributed by atoms with Gasteiger partial charge < -0.3 is 34.6 Å². The summed E-state index contributed by atoms with van der Waals surface area (Å²) in [6.45, 7) is 14.9. The number of aryl methyl sites for hydroxylation is 2. The molecule has 69 heavy (non-hydrogen) atoms. The quantitative estimate of drug-likeness (QED) is 0.131. The molecule has 0 radical (unpaired) electrons. The molecule has 9 rings (SSSR count). The van der Waals surface area contributed by atoms with Crippen LogP contribution in [0, 0.1) is 26.7 Å². The smallest absolute Gasteiger partial charge is 0.343 e. The molecule has 16 nitrogen and oxygen atoms in total. The van der Waals surface area contributed by atoms with E-state index in [0.29, 0.717) is 29.1 Å². The first-order valence-corrected chi connectivity index (χ1v) is 24.7. The normalized spacial score (nSPS) is 18.6. The van der Waals surface area contributed by atoms with E-state index in [-0.39, 0.29) is 42.1 Å². The Morgan fingerprint density at radius 3 is 2.10 bits per heavy atom. The first-order chi connectivity index (χ1) is 33.3. The topological polar surface area (TPSA) is 171 Å². The number of benzene rings is 3. The number of nitrogens with zero attached hydrogens (tertiary/aromatic N) is 6. The van der Waals surface area contributed by atoms with E-state index >= 15 is 0 Å². The zero-order valence-corrected chi connectivity index (χ0v) is 40.6. The zero-order chi connectivity index (χ0) is 48.5. The monoisotopic (exact) mass is 940 g/mol. The van der Waals surface area contributed by atoms with E-state index in [4.69, 9.17) is 4.74 Å². The maximum absolute atomic E-state index is 14.1. The van der Waals surface area contributed by atoms with E-state index in [1.54, 1.807) is 12.1 Å². The Morgan fingerprint density at radius 2 is 1.42 bits per heavy atom. The second kappa shape index (κ2) is 20.2. The second-order valence-corrected chi connectivity index (χ2v) is 19.4. The van der Waals surface area contributed by atoms with Crippen LogP contribution in [-0.2, 0) is 16.1 Å². The standard InChI is InChI=1S/C53H65N9O7/c1-6-60(41-18-25-69-26-19-41)47-29-38(28-44(35(47)4)49(64)54-31-46-33(2)27-34(3)55-50(46)65)37-7-9-40(10-8-37)58-22-15-39(16-23-58)57(5)32-36-13-20-59(21-14-36)42-11-12-43-45(30-42)52(67)62(51(43)66)61-24-17-48(63)56-53(61)68/h7-12,27-30,36,39,41H,6,13-26,31-32H2,1-5H3,(H,54,64)(H,55,65)(H,56,63,68). The number of aromatic amines is 1. The van der Waals surface area contributed by atoms with Crippen LogP contribution in [0.1, 0.15) is 105 Å². The van der Waals surface area contributed by atoms with Crippen molar-refractivity contribution < 1.29 is 28.7 Å². The number of ether oxygens (including phenoxy) is 1. The Labute approximate surface area is 403 Å². The summed E-state index contributed by atoms with van der Waals surface area (Å²) >= 11 is 0. The van der Waals surface area contributed by atoms with Gasteiger partial charge in [-0.2, -0.15) is 5.01 Å². The summed E-state index contributed by atoms with van der Waals surface area (Å²) in [5, 5.41) is 7.13. The van der Waals surface area contributed by atoms with Gasteiger partial charge in [-0.15, -0.1) is 0 Å². The number of hydrogen-bond donors (Lipinski definition) is 3. The van der Waals surface area contributed by atoms with Crippen molar-refractivity contribution in [2.75, 3.05) is 80.8 Å². The van der Waals surface area contributed by atoms with E-state index in [0.717, 1.165) is 140 Å². The van der Waals surface area contributed by atoms with Crippen molar-refractivity contribution in [1.82, 2.24) is 30.5 Å². The van der Waals surface area contributed by atoms with Crippen molar-refractivity contribution in [3.8, 4) is 11.1 Å². The average molecular weight is 940 g/mol. The van der Waals surface area contributed by atoms with Crippen molar-refractivity contribution >= 4 is 46.7 Å². The van der Waals surface area contributed by atoms with Gasteiger partial charge in [0, 0.05) is 111 Å². The third-order valence-electron chi connectivity index (χ3n) is 15.1. The lowest BCUT2D eigenvalue weighted by molar-refractivity contribution is -0.122. The third-order valence-corrected chi connectivity index (χ3v) is 15.1. The molecule has 4 fully saturated rings. The fraction of sp³-hybridized carbons (Fsp3) is 0.472. The van der Waals surface area contributed by atoms with Crippen LogP contribution in [0.4, 0.5) is 21.9 Å². The SMILES string of the molecule is CCN(c1cc(-c2ccc(N3CCC(N(C)CC4CCN(c5ccc6c(c5)C(=O)N(N5CCC(=O)NC5=O)C6=O)CC4)CC3)cc2)cc(C(=O)NCc2c(C)cc(C)[nH]c2=O)c1C)C1CCOCC1. The van der Waals surface area contributed by atoms with Crippen LogP contribution in [0.15, 0.2) is 65.5 Å². The highest BCUT2D eigenvalue weighted by Gasteiger charge is 2.43. The molecule has 6 amide bonds. The van der Waals surface area contributed by atoms with Gasteiger partial charge in [-0.1, -0.05) is 12.1 Å². The van der Waals surface area contributed by atoms with E-state index in [1.807, 2.05) is 39.0 Å². The third kappa shape index (κ3) is 9.87. The minimum atomic E-state index is -0.770. The Balaban J connectivity index is 0.806. The highest BCUT2D eigenvalue weighted by molar-refractivity contribution is 6.22. The predicted octanol–water partition coefficient (Wildman–Crippen LogP) is 6.17. The van der Waals surface area contributed by atoms with Gasteiger partial charge in [-0.25, -0.2) is 9.80 Å². The maximum Gasteiger partial charge on any atom is 0.343 e. The summed E-state index contributed by atoms with van der Waals surface area (Å²) in [4.78, 5) is 90.1. The molecule has 4 saturated heterocycles. The van der Waals surface area contributed by atoms with Gasteiger partial charge in [-0.05, 0) is 150 Å². The first kappa shape index (κ1) is 47.5. The van der Waals surface area contributed by atoms with E-state index in [9.17, 15) is 28.8 Å². The maximum atomic E-state index is 14.1. The Morgan fingerprint density at radius 1 is 0.754 bits per heavy atom. The Hall–Kier alpha value is -6.52. The molecule has 1 aromatic heterocycles. The van der Waals surface area contributed by atoms with Crippen LogP contribution in [-0.4, -0.2) is 128 Å². The number of H-pyrrole nitrogens is 1. The summed E-state index contributed by atoms with van der Waals surface area (Å²) in [5.74, 6) is -1.20. The molecular weight excluding hydrogens is 875 g/mol. The molecule has 6 heterocycles. The predicted molar refractivity (Wildman–Crippen MR) is 266 cm³/mol. The van der Waals surface area contributed by atoms with Gasteiger partial charge in [0.2, 0.25) is 5.91 Å². The van der Waals surface area contributed by atoms with Gasteiger partial charge in [0.15, 0.2) is 0 Å². The number of anilines is 3. The lowest BCUT2D eigenvalue weighted by Gasteiger charge is -2.41. The fourth-order valence-corrected chi connectivity index (χ4v) is 11.1. The number of amides is 6. The number of pyridine rings is 1. The van der Waals surface area contributed by atoms with Gasteiger partial charge in [-0.3, -0.25) is 29.3 Å². The van der Waals surface area contributed by atoms with E-state index < -0.39 is 23.8 Å². The van der Waals surface area contributed by atoms with Crippen LogP contribution in [0.25, 0.3) is 11.1 Å². The number of aromatic nitrogens is 1. The van der Waals surface area contributed by atoms with E-state index in [2.05, 4.69) is 79.5 Å². The number of hydrazine groups is 1. The summed E-state index contributed by atoms with van der Waals surface area (Å²) in [7, 11) is 2.25. The van der Waals surface area contributed by atoms with Crippen molar-refractivity contribution in [1.29, 1.82) is 0 Å². The van der Waals surface area contributed by atoms with Crippen LogP contribution in [0.3, 0.4) is 0 Å². The fourth-order valence-electron chi connectivity index (χ4n) is 11.1. The molecule has 3 aromatic carbocycles. The van der Waals surface area contributed by atoms with Crippen LogP contribution < -0.4 is 30.9 Å². The zero-order valence-electron chi connectivity index (χ0n) is 40.6. The van der Waals surface area contributed by atoms with Gasteiger partial charge >= 0.3 is 6.03 Å². The van der Waals surface area contributed by atoms with Crippen LogP contribution >= 0.6 is 0 Å². The molecule has 5 aliphatic heterocycles. The number of fused-ring (bicyclic) bond motifs is 1. The highest BCUT2D eigenvalue weighted by atomic mass is 16.5. The molecule has 0 atom stereocenters. The van der Waals surface area contributed by atoms with Crippen molar-refractivity contribution in [3.63, 3.8) is 0 Å². The molecule has 0 bridgehead atoms. The largest absolute Gasteiger partial charge is 0.381 e. The number of carbonyl (C=O) groups excluding carboxylic acids is 5. The number of hydrogen-bond acceptors (Lipinski definition) is 11. The Kier molecular flexibility index (Phi) is 13.9. The minimum Gasteiger partial charge on any atom is -0.381 e. The lowest BCUT2D eigenvalue weighted by Crippen LogP contribution is -2.58. The van der Waals surface area contributed by atoms with Crippen molar-refractivity contribution in [2.24, 2.45) is 5.92 Å². The number of imide groups is 2. The van der Waals surface area contributed by atoms with Gasteiger partial charge in [0.1, 0.15) is 0 Å². The number of piperidine rings is 2. The second-order valence-electron chi connectivity index (χ2n) is 19.4. The Bertz CT molecular complexity index is 2680. The average Bonchev–Trinajstić information content (AvgIpc) is 3.59. The van der Waals surface area contributed by atoms with Crippen molar-refractivity contribution in [3.05, 3.63) is 110 Å². The summed E-state index contributed by atoms with van der Waals surface area (Å²) < 4.78 is 5.72. The number of nitrogens with one attached hydrogen (secondary N) is 3. The molecule has 3 N–H and O–H groups in total. The van der Waals surface area contributed by atoms with E-state index in [1.165, 1.54) is 5.69 Å². The summed E-state index contributed by atoms with van der Waals surface area (Å²) in [6, 6.07) is 20.3. The molecule has 0 saturated carbocycles. The van der Waals surface area contributed by atoms with Crippen molar-refractivity contribution in [2.45, 2.75) is 91.3 Å². The molecule has 5 aliphatic rings. The lowest BCUT2D eigenvalue weighted by atomic mass is 9.93. The molecule has 364 valence electrons. The van der Waals surface area contributed by atoms with Gasteiger partial charge in [0.05, 0.1) is 17.7 Å². The summed E-state index contributed by atoms with van der Waals surface area (Å²) in [5.41, 5.74) is 9.21. The summed E-state index contributed by atoms with van der Waals surface area (Å²) in [6.07, 6.45) is 6.05. The number of carbonyl (C=O) groups is 5. The molecule has 4 aromatic rings. The number of urea groups is 1. The van der Waals surface area contributed by atoms with Crippen LogP contribution in [0.2, 0.25) is 0 Å². The minimum absolute atomic E-state index is 0.0187. The molecule has 0 aliphatic carbocycles. The van der Waals surface area contributed by atoms with Crippen LogP contribution in [0.5, 0.6) is 0 Å². The molecule has 0 unspecified atom stereocenters. The first-order valence-electron chi connectivity index (χ1n) is 24.7.